The van der Waals surface area contributed by atoms with E-state index in [2.05, 4.69) is 160 Å². The molecule has 6 heteroatoms. The van der Waals surface area contributed by atoms with Gasteiger partial charge in [0.05, 0.1) is 0 Å². The Balaban J connectivity index is 0.000000297. The number of aromatic nitrogens is 3. The predicted octanol–water partition coefficient (Wildman–Crippen LogP) is 13.2. The van der Waals surface area contributed by atoms with Gasteiger partial charge >= 0.3 is 0 Å². The molecule has 7 aromatic rings. The topological polar surface area (TPSA) is 46.4 Å². The number of nitrogens with zero attached hydrogens (tertiary/aromatic N) is 5. The number of fused-ring (bicyclic) bond motifs is 3. The molecule has 4 aromatic carbocycles. The van der Waals surface area contributed by atoms with Crippen LogP contribution < -0.4 is 14.8 Å². The molecule has 0 spiro atoms. The molecule has 0 amide bonds. The first kappa shape index (κ1) is 40.5. The van der Waals surface area contributed by atoms with Crippen molar-refractivity contribution in [2.24, 2.45) is 0 Å². The molecule has 5 aliphatic rings. The van der Waals surface area contributed by atoms with Gasteiger partial charge in [0.1, 0.15) is 0 Å². The fourth-order valence-electron chi connectivity index (χ4n) is 8.70. The van der Waals surface area contributed by atoms with Gasteiger partial charge in [-0.3, -0.25) is 9.97 Å². The van der Waals surface area contributed by atoms with Gasteiger partial charge in [0, 0.05) is 69.9 Å². The first-order chi connectivity index (χ1) is 27.1. The van der Waals surface area contributed by atoms with Crippen molar-refractivity contribution in [2.45, 2.75) is 105 Å². The van der Waals surface area contributed by atoms with Crippen LogP contribution in [0.15, 0.2) is 110 Å². The number of pyridine rings is 2. The number of anilines is 4. The maximum atomic E-state index is 4.44. The summed E-state index contributed by atoms with van der Waals surface area (Å²) in [7, 11) is 0. The Morgan fingerprint density at radius 2 is 0.842 bits per heavy atom. The molecule has 4 aliphatic carbocycles. The first-order valence-corrected chi connectivity index (χ1v) is 20.6. The van der Waals surface area contributed by atoms with E-state index in [1.54, 1.807) is 12.4 Å². The second-order valence-corrected chi connectivity index (χ2v) is 16.8. The smallest absolute Gasteiger partial charge is 0.0380 e. The molecular formula is C51H55AuN5-2. The Morgan fingerprint density at radius 3 is 1.19 bits per heavy atom. The largest absolute Gasteiger partial charge is 0.657 e. The van der Waals surface area contributed by atoms with Gasteiger partial charge in [-0.2, -0.15) is 0 Å². The number of hydrogen-bond acceptors (Lipinski definition) is 4. The van der Waals surface area contributed by atoms with Gasteiger partial charge in [-0.1, -0.05) is 140 Å². The van der Waals surface area contributed by atoms with E-state index in [1.165, 1.54) is 67.3 Å². The van der Waals surface area contributed by atoms with Crippen molar-refractivity contribution in [3.63, 3.8) is 0 Å². The normalized spacial score (nSPS) is 13.7. The third-order valence-corrected chi connectivity index (χ3v) is 11.7. The van der Waals surface area contributed by atoms with Gasteiger partial charge in [0.15, 0.2) is 0 Å². The van der Waals surface area contributed by atoms with Gasteiger partial charge in [0.2, 0.25) is 0 Å². The molecule has 0 atom stereocenters. The molecule has 1 radical (unpaired) electrons. The summed E-state index contributed by atoms with van der Waals surface area (Å²) in [6.45, 7) is 21.2. The third-order valence-electron chi connectivity index (χ3n) is 11.7. The molecule has 12 rings (SSSR count). The summed E-state index contributed by atoms with van der Waals surface area (Å²) in [5.41, 5.74) is 18.9. The van der Waals surface area contributed by atoms with Gasteiger partial charge in [-0.15, -0.1) is 17.7 Å². The maximum Gasteiger partial charge on any atom is 0.0380 e. The second kappa shape index (κ2) is 17.0. The van der Waals surface area contributed by atoms with Crippen molar-refractivity contribution in [2.75, 3.05) is 9.80 Å². The number of rotatable bonds is 6. The molecular weight excluding hydrogens is 880 g/mol. The summed E-state index contributed by atoms with van der Waals surface area (Å²) in [6, 6.07) is 32.0. The van der Waals surface area contributed by atoms with Gasteiger partial charge in [0.25, 0.3) is 0 Å². The quantitative estimate of drug-likeness (QED) is 0.123. The maximum absolute atomic E-state index is 4.44. The number of para-hydroxylation sites is 2. The van der Waals surface area contributed by atoms with Crippen molar-refractivity contribution in [3.05, 3.63) is 161 Å². The van der Waals surface area contributed by atoms with Crippen LogP contribution in [0.1, 0.15) is 124 Å². The van der Waals surface area contributed by atoms with Gasteiger partial charge < -0.3 is 14.8 Å². The molecule has 4 bridgehead atoms. The average Bonchev–Trinajstić information content (AvgIpc) is 3.78. The van der Waals surface area contributed by atoms with Crippen molar-refractivity contribution >= 4 is 44.6 Å². The zero-order chi connectivity index (χ0) is 39.1. The zero-order valence-corrected chi connectivity index (χ0v) is 36.8. The van der Waals surface area contributed by atoms with Crippen molar-refractivity contribution in [1.29, 1.82) is 0 Å². The third kappa shape index (κ3) is 7.82. The average molecular weight is 935 g/mol. The van der Waals surface area contributed by atoms with Crippen LogP contribution in [0, 0.1) is 6.67 Å². The van der Waals surface area contributed by atoms with E-state index in [0.29, 0.717) is 23.7 Å². The predicted molar refractivity (Wildman–Crippen MR) is 236 cm³/mol. The first-order valence-electron chi connectivity index (χ1n) is 20.6. The molecule has 4 heterocycles. The summed E-state index contributed by atoms with van der Waals surface area (Å²) < 4.78 is 0. The van der Waals surface area contributed by atoms with Crippen LogP contribution in [0.25, 0.3) is 21.8 Å². The van der Waals surface area contributed by atoms with Gasteiger partial charge in [-0.05, 0) is 105 Å². The molecule has 5 nitrogen and oxygen atoms in total. The zero-order valence-electron chi connectivity index (χ0n) is 34.6. The van der Waals surface area contributed by atoms with E-state index < -0.39 is 0 Å². The van der Waals surface area contributed by atoms with Crippen LogP contribution >= 0.6 is 0 Å². The summed E-state index contributed by atoms with van der Waals surface area (Å²) in [5.74, 6) is 1.68. The Kier molecular flexibility index (Phi) is 12.1. The number of benzene rings is 4. The van der Waals surface area contributed by atoms with Crippen molar-refractivity contribution in [3.8, 4) is 0 Å². The standard InChI is InChI=1S/C41H49N2.C10H6N3.Au/c1-26(2)34-11-9-12-35(27(3)4)40(34)42-25-43(41-36(28(5)6)13-10-14-37(41)29(7)8)39-33-22-20-31-17-15-30(16-18-31)19-21-32(23-24-33)38(39)42;1-3-11-5-7-8-6-12-4-2-10(8)13-9(1)7;/h9-18,23-29H,19-22H2,1-8H3;1-6H;/q2*-1;. The van der Waals surface area contributed by atoms with Crippen molar-refractivity contribution in [1.82, 2.24) is 15.0 Å². The molecule has 3 aromatic heterocycles. The fraction of sp³-hybridized carbons (Fsp3) is 0.314. The minimum absolute atomic E-state index is 0. The Hall–Kier alpha value is -4.68. The monoisotopic (exact) mass is 934 g/mol. The Labute approximate surface area is 355 Å². The van der Waals surface area contributed by atoms with E-state index in [4.69, 9.17) is 0 Å². The molecule has 0 saturated carbocycles. The molecule has 1 aliphatic heterocycles. The molecule has 0 fully saturated rings. The van der Waals surface area contributed by atoms with Crippen molar-refractivity contribution < 1.29 is 22.4 Å². The second-order valence-electron chi connectivity index (χ2n) is 16.8. The minimum Gasteiger partial charge on any atom is -0.657 e. The Morgan fingerprint density at radius 1 is 0.474 bits per heavy atom. The molecule has 0 N–H and O–H groups in total. The number of aryl methyl sites for hydroxylation is 4. The van der Waals surface area contributed by atoms with E-state index in [-0.39, 0.29) is 22.4 Å². The SMILES string of the molecule is CC(C)c1cccc(C(C)C)c1N1[CH-]N(c2c(C(C)C)cccc2C(C)C)c2c3ccc(c21)CCc1ccc(cc1)CC3.[Au].c1cc2[n-]c3ccncc3c2cn1. The summed E-state index contributed by atoms with van der Waals surface area (Å²) in [4.78, 5) is 17.8. The van der Waals surface area contributed by atoms with E-state index in [0.717, 1.165) is 47.5 Å². The molecule has 0 saturated heterocycles. The minimum atomic E-state index is 0. The van der Waals surface area contributed by atoms with Crippen LogP contribution in [0.2, 0.25) is 0 Å². The van der Waals surface area contributed by atoms with E-state index in [1.807, 2.05) is 24.5 Å². The van der Waals surface area contributed by atoms with Crippen LogP contribution in [-0.4, -0.2) is 9.97 Å². The van der Waals surface area contributed by atoms with Crippen LogP contribution in [0.3, 0.4) is 0 Å². The Bertz CT molecular complexity index is 2270. The fourth-order valence-corrected chi connectivity index (χ4v) is 8.70. The van der Waals surface area contributed by atoms with Crippen LogP contribution in [0.4, 0.5) is 22.7 Å². The van der Waals surface area contributed by atoms with Crippen LogP contribution in [0.5, 0.6) is 0 Å². The molecule has 297 valence electrons. The molecule has 0 unspecified atom stereocenters. The number of hydrogen-bond donors (Lipinski definition) is 0. The summed E-state index contributed by atoms with van der Waals surface area (Å²) >= 11 is 0. The summed E-state index contributed by atoms with van der Waals surface area (Å²) in [6.07, 6.45) is 11.3. The molecule has 57 heavy (non-hydrogen) atoms. The van der Waals surface area contributed by atoms with Gasteiger partial charge in [-0.25, -0.2) is 0 Å². The van der Waals surface area contributed by atoms with E-state index in [9.17, 15) is 0 Å². The van der Waals surface area contributed by atoms with E-state index >= 15 is 0 Å². The summed E-state index contributed by atoms with van der Waals surface area (Å²) in [5, 5.41) is 2.15. The van der Waals surface area contributed by atoms with Crippen LogP contribution in [-0.2, 0) is 48.1 Å².